The van der Waals surface area contributed by atoms with Crippen LogP contribution in [-0.4, -0.2) is 61.1 Å². The van der Waals surface area contributed by atoms with Crippen LogP contribution in [-0.2, 0) is 29.2 Å². The van der Waals surface area contributed by atoms with Crippen molar-refractivity contribution >= 4 is 22.0 Å². The second kappa shape index (κ2) is 9.68. The molecule has 16 heteroatoms. The van der Waals surface area contributed by atoms with Crippen LogP contribution in [0, 0.1) is 5.92 Å². The Hall–Kier alpha value is -1.94. The highest BCUT2D eigenvalue weighted by Gasteiger charge is 2.67. The summed E-state index contributed by atoms with van der Waals surface area (Å²) in [6.45, 7) is 4.29. The van der Waals surface area contributed by atoms with Crippen LogP contribution in [0.25, 0.3) is 0 Å². The van der Waals surface area contributed by atoms with E-state index in [1.807, 2.05) is 0 Å². The minimum Gasteiger partial charge on any atom is -0.743 e. The Kier molecular flexibility index (Phi) is 9.08. The normalized spacial score (nSPS) is 15.4. The molecule has 182 valence electrons. The van der Waals surface area contributed by atoms with Gasteiger partial charge in [0.05, 0.1) is 6.61 Å². The Morgan fingerprint density at radius 2 is 1.58 bits per heavy atom. The molecule has 0 saturated carbocycles. The quantitative estimate of drug-likeness (QED) is 0.155. The second-order valence-electron chi connectivity index (χ2n) is 6.66. The lowest BCUT2D eigenvalue weighted by Gasteiger charge is -2.34. The van der Waals surface area contributed by atoms with Crippen LogP contribution in [0.3, 0.4) is 0 Å². The summed E-state index contributed by atoms with van der Waals surface area (Å²) in [4.78, 5) is 23.8. The molecule has 0 fully saturated rings. The standard InChI is InChI=1S/C15H20F7NO7S/c1-8(2)7-23-11(25)13(14(18,19)20,30-10(24)9(3)4)29-6-5-12(16,17)15(21,22)31(26,27)28/h8H,3,5-7H2,1-2,4H3,(H,23,25)(H,26,27,28)/p-1. The van der Waals surface area contributed by atoms with Gasteiger partial charge in [-0.1, -0.05) is 20.4 Å². The molecule has 0 spiro atoms. The van der Waals surface area contributed by atoms with E-state index in [-0.39, 0.29) is 0 Å². The van der Waals surface area contributed by atoms with Crippen molar-refractivity contribution in [3.8, 4) is 0 Å². The average molecular weight is 490 g/mol. The van der Waals surface area contributed by atoms with Gasteiger partial charge in [-0.05, 0) is 12.8 Å². The van der Waals surface area contributed by atoms with Gasteiger partial charge in [0.2, 0.25) is 0 Å². The molecule has 1 amide bonds. The summed E-state index contributed by atoms with van der Waals surface area (Å²) in [7, 11) is -6.91. The number of carbonyl (C=O) groups is 2. The topological polar surface area (TPSA) is 122 Å². The van der Waals surface area contributed by atoms with Crippen LogP contribution in [0.1, 0.15) is 27.2 Å². The van der Waals surface area contributed by atoms with Gasteiger partial charge in [-0.2, -0.15) is 30.7 Å². The molecule has 0 aliphatic carbocycles. The number of esters is 1. The van der Waals surface area contributed by atoms with Crippen LogP contribution in [0.5, 0.6) is 0 Å². The van der Waals surface area contributed by atoms with Gasteiger partial charge in [-0.25, -0.2) is 13.2 Å². The van der Waals surface area contributed by atoms with E-state index in [2.05, 4.69) is 16.1 Å². The summed E-state index contributed by atoms with van der Waals surface area (Å²) in [5.41, 5.74) is -0.664. The smallest absolute Gasteiger partial charge is 0.466 e. The first-order chi connectivity index (χ1) is 13.6. The van der Waals surface area contributed by atoms with Crippen molar-refractivity contribution in [2.24, 2.45) is 5.92 Å². The highest BCUT2D eigenvalue weighted by molar-refractivity contribution is 7.86. The van der Waals surface area contributed by atoms with Gasteiger partial charge in [0, 0.05) is 18.5 Å². The van der Waals surface area contributed by atoms with Gasteiger partial charge in [0.25, 0.3) is 0 Å². The van der Waals surface area contributed by atoms with Crippen molar-refractivity contribution in [2.45, 2.75) is 50.3 Å². The summed E-state index contributed by atoms with van der Waals surface area (Å²) in [6.07, 6.45) is -8.36. The van der Waals surface area contributed by atoms with Crippen LogP contribution < -0.4 is 5.32 Å². The SMILES string of the molecule is C=C(C)C(=O)OC(OCCC(F)(F)C(F)(F)S(=O)(=O)[O-])(C(=O)NCC(C)C)C(F)(F)F. The molecular weight excluding hydrogens is 471 g/mol. The van der Waals surface area contributed by atoms with Gasteiger partial charge in [0.15, 0.2) is 10.1 Å². The fourth-order valence-corrected chi connectivity index (χ4v) is 2.16. The molecule has 31 heavy (non-hydrogen) atoms. The Bertz CT molecular complexity index is 796. The maximum absolute atomic E-state index is 13.6. The highest BCUT2D eigenvalue weighted by Crippen LogP contribution is 2.42. The molecule has 0 bridgehead atoms. The van der Waals surface area contributed by atoms with Crippen LogP contribution in [0.15, 0.2) is 12.2 Å². The molecule has 8 nitrogen and oxygen atoms in total. The lowest BCUT2D eigenvalue weighted by molar-refractivity contribution is -0.349. The Balaban J connectivity index is 6.02. The number of carbonyl (C=O) groups excluding carboxylic acids is 2. The summed E-state index contributed by atoms with van der Waals surface area (Å²) >= 11 is 0. The average Bonchev–Trinajstić information content (AvgIpc) is 2.55. The first-order valence-corrected chi connectivity index (χ1v) is 9.62. The number of ether oxygens (including phenoxy) is 2. The fraction of sp³-hybridized carbons (Fsp3) is 0.733. The molecule has 0 aromatic heterocycles. The van der Waals surface area contributed by atoms with E-state index >= 15 is 0 Å². The van der Waals surface area contributed by atoms with Crippen molar-refractivity contribution in [3.63, 3.8) is 0 Å². The molecule has 1 N–H and O–H groups in total. The zero-order valence-corrected chi connectivity index (χ0v) is 17.1. The Morgan fingerprint density at radius 3 is 1.94 bits per heavy atom. The summed E-state index contributed by atoms with van der Waals surface area (Å²) in [5.74, 6) is -14.7. The minimum absolute atomic E-state index is 0.423. The number of alkyl halides is 7. The first kappa shape index (κ1) is 29.1. The van der Waals surface area contributed by atoms with Crippen molar-refractivity contribution in [2.75, 3.05) is 13.2 Å². The van der Waals surface area contributed by atoms with Crippen LogP contribution in [0.2, 0.25) is 0 Å². The molecule has 0 radical (unpaired) electrons. The molecule has 0 rings (SSSR count). The van der Waals surface area contributed by atoms with E-state index in [4.69, 9.17) is 0 Å². The third-order valence-electron chi connectivity index (χ3n) is 3.39. The van der Waals surface area contributed by atoms with E-state index in [0.717, 1.165) is 6.92 Å². The molecular formula is C15H19F7NO7S-. The molecule has 0 aliphatic rings. The molecule has 0 aromatic rings. The van der Waals surface area contributed by atoms with Crippen molar-refractivity contribution in [1.29, 1.82) is 0 Å². The summed E-state index contributed by atoms with van der Waals surface area (Å²) < 4.78 is 133. The maximum Gasteiger partial charge on any atom is 0.466 e. The van der Waals surface area contributed by atoms with Gasteiger partial charge in [0.1, 0.15) is 0 Å². The monoisotopic (exact) mass is 490 g/mol. The zero-order chi connectivity index (χ0) is 25.1. The molecule has 1 atom stereocenters. The predicted octanol–water partition coefficient (Wildman–Crippen LogP) is 2.32. The summed E-state index contributed by atoms with van der Waals surface area (Å²) in [6, 6.07) is 0. The lowest BCUT2D eigenvalue weighted by atomic mass is 10.2. The first-order valence-electron chi connectivity index (χ1n) is 8.21. The van der Waals surface area contributed by atoms with Crippen LogP contribution in [0.4, 0.5) is 30.7 Å². The highest BCUT2D eigenvalue weighted by atomic mass is 32.2. The van der Waals surface area contributed by atoms with Gasteiger partial charge < -0.3 is 19.3 Å². The van der Waals surface area contributed by atoms with Gasteiger partial charge >= 0.3 is 35.0 Å². The number of nitrogens with one attached hydrogen (secondary N) is 1. The van der Waals surface area contributed by atoms with Crippen molar-refractivity contribution in [1.82, 2.24) is 5.32 Å². The van der Waals surface area contributed by atoms with Crippen molar-refractivity contribution < 1.29 is 62.8 Å². The van der Waals surface area contributed by atoms with E-state index in [9.17, 15) is 53.3 Å². The molecule has 0 aromatic carbocycles. The third-order valence-corrected chi connectivity index (χ3v) is 4.32. The molecule has 0 heterocycles. The van der Waals surface area contributed by atoms with E-state index < -0.39 is 76.2 Å². The van der Waals surface area contributed by atoms with E-state index in [1.54, 1.807) is 5.32 Å². The summed E-state index contributed by atoms with van der Waals surface area (Å²) in [5, 5.41) is -4.49. The maximum atomic E-state index is 13.6. The lowest BCUT2D eigenvalue weighted by Crippen LogP contribution is -2.62. The number of rotatable bonds is 11. The number of hydrogen-bond donors (Lipinski definition) is 1. The largest absolute Gasteiger partial charge is 0.743 e. The number of halogens is 7. The molecule has 0 aliphatic heterocycles. The Morgan fingerprint density at radius 1 is 1.10 bits per heavy atom. The second-order valence-corrected chi connectivity index (χ2v) is 8.08. The van der Waals surface area contributed by atoms with Gasteiger partial charge in [-0.15, -0.1) is 0 Å². The fourth-order valence-electron chi connectivity index (χ4n) is 1.69. The zero-order valence-electron chi connectivity index (χ0n) is 16.3. The van der Waals surface area contributed by atoms with Gasteiger partial charge in [-0.3, -0.25) is 4.79 Å². The van der Waals surface area contributed by atoms with Crippen LogP contribution >= 0.6 is 0 Å². The van der Waals surface area contributed by atoms with E-state index in [1.165, 1.54) is 13.8 Å². The molecule has 0 saturated heterocycles. The van der Waals surface area contributed by atoms with Crippen molar-refractivity contribution in [3.05, 3.63) is 12.2 Å². The predicted molar refractivity (Wildman–Crippen MR) is 87.7 cm³/mol. The molecule has 1 unspecified atom stereocenters. The van der Waals surface area contributed by atoms with E-state index in [0.29, 0.717) is 0 Å². The third kappa shape index (κ3) is 6.77. The number of hydrogen-bond acceptors (Lipinski definition) is 7. The minimum atomic E-state index is -6.91. The Labute approximate surface area is 172 Å². The number of amides is 1.